The highest BCUT2D eigenvalue weighted by Crippen LogP contribution is 2.07. The molecule has 0 saturated carbocycles. The van der Waals surface area contributed by atoms with E-state index < -0.39 is 0 Å². The first-order chi connectivity index (χ1) is 8.18. The van der Waals surface area contributed by atoms with Gasteiger partial charge in [-0.05, 0) is 31.8 Å². The summed E-state index contributed by atoms with van der Waals surface area (Å²) in [6.07, 6.45) is 4.03. The number of hydrogen-bond donors (Lipinski definition) is 2. The molecule has 1 saturated heterocycles. The van der Waals surface area contributed by atoms with Crippen molar-refractivity contribution in [3.05, 3.63) is 0 Å². The van der Waals surface area contributed by atoms with Gasteiger partial charge in [-0.3, -0.25) is 4.79 Å². The average Bonchev–Trinajstić information content (AvgIpc) is 2.33. The zero-order chi connectivity index (χ0) is 12.5. The van der Waals surface area contributed by atoms with Crippen molar-refractivity contribution >= 4 is 5.91 Å². The Kier molecular flexibility index (Phi) is 7.21. The Morgan fingerprint density at radius 2 is 1.94 bits per heavy atom. The molecule has 1 aliphatic rings. The predicted octanol–water partition coefficient (Wildman–Crippen LogP) is 0.834. The Morgan fingerprint density at radius 1 is 1.24 bits per heavy atom. The summed E-state index contributed by atoms with van der Waals surface area (Å²) in [4.78, 5) is 13.9. The molecule has 17 heavy (non-hydrogen) atoms. The molecule has 0 unspecified atom stereocenters. The minimum absolute atomic E-state index is 0.109. The number of nitrogens with one attached hydrogen (secondary N) is 2. The maximum atomic E-state index is 11.4. The van der Waals surface area contributed by atoms with Crippen LogP contribution in [0, 0.1) is 5.92 Å². The van der Waals surface area contributed by atoms with Crippen LogP contribution in [0.1, 0.15) is 33.1 Å². The topological polar surface area (TPSA) is 44.4 Å². The molecule has 0 bridgehead atoms. The Hall–Kier alpha value is -0.610. The van der Waals surface area contributed by atoms with Gasteiger partial charge in [0.25, 0.3) is 0 Å². The highest BCUT2D eigenvalue weighted by molar-refractivity contribution is 5.77. The van der Waals surface area contributed by atoms with Crippen LogP contribution in [0.15, 0.2) is 0 Å². The van der Waals surface area contributed by atoms with E-state index in [2.05, 4.69) is 29.4 Å². The third kappa shape index (κ3) is 7.34. The van der Waals surface area contributed by atoms with E-state index in [0.29, 0.717) is 12.5 Å². The Labute approximate surface area is 105 Å². The van der Waals surface area contributed by atoms with Crippen LogP contribution in [-0.4, -0.2) is 50.1 Å². The normalized spacial score (nSPS) is 17.4. The van der Waals surface area contributed by atoms with E-state index in [-0.39, 0.29) is 5.91 Å². The molecule has 0 atom stereocenters. The third-order valence-electron chi connectivity index (χ3n) is 3.05. The van der Waals surface area contributed by atoms with Gasteiger partial charge >= 0.3 is 0 Å². The first-order valence-electron chi connectivity index (χ1n) is 6.88. The minimum atomic E-state index is 0.109. The second kappa shape index (κ2) is 8.48. The van der Waals surface area contributed by atoms with Crippen LogP contribution < -0.4 is 10.6 Å². The number of rotatable bonds is 7. The number of piperidine rings is 1. The van der Waals surface area contributed by atoms with Crippen LogP contribution >= 0.6 is 0 Å². The first kappa shape index (κ1) is 14.5. The number of hydrogen-bond acceptors (Lipinski definition) is 3. The maximum absolute atomic E-state index is 11.4. The van der Waals surface area contributed by atoms with Crippen molar-refractivity contribution in [3.8, 4) is 0 Å². The molecule has 0 aromatic rings. The van der Waals surface area contributed by atoms with E-state index in [1.54, 1.807) is 0 Å². The fraction of sp³-hybridized carbons (Fsp3) is 0.923. The minimum Gasteiger partial charge on any atom is -0.355 e. The zero-order valence-electron chi connectivity index (χ0n) is 11.3. The number of nitrogens with zero attached hydrogens (tertiary/aromatic N) is 1. The molecule has 0 aliphatic carbocycles. The van der Waals surface area contributed by atoms with E-state index in [4.69, 9.17) is 0 Å². The second-order valence-corrected chi connectivity index (χ2v) is 5.28. The van der Waals surface area contributed by atoms with Crippen LogP contribution in [0.3, 0.4) is 0 Å². The summed E-state index contributed by atoms with van der Waals surface area (Å²) < 4.78 is 0. The van der Waals surface area contributed by atoms with Crippen LogP contribution in [0.25, 0.3) is 0 Å². The summed E-state index contributed by atoms with van der Waals surface area (Å²) in [6.45, 7) is 9.84. The Bertz CT molecular complexity index is 213. The van der Waals surface area contributed by atoms with E-state index in [0.717, 1.165) is 19.6 Å². The quantitative estimate of drug-likeness (QED) is 0.649. The molecule has 100 valence electrons. The lowest BCUT2D eigenvalue weighted by atomic mass is 10.1. The lowest BCUT2D eigenvalue weighted by molar-refractivity contribution is -0.120. The van der Waals surface area contributed by atoms with Crippen molar-refractivity contribution in [1.82, 2.24) is 15.5 Å². The molecule has 1 amide bonds. The van der Waals surface area contributed by atoms with Crippen molar-refractivity contribution in [2.75, 3.05) is 39.3 Å². The number of amides is 1. The van der Waals surface area contributed by atoms with Crippen LogP contribution in [-0.2, 0) is 4.79 Å². The van der Waals surface area contributed by atoms with Crippen molar-refractivity contribution in [1.29, 1.82) is 0 Å². The lowest BCUT2D eigenvalue weighted by Gasteiger charge is -2.26. The van der Waals surface area contributed by atoms with E-state index in [9.17, 15) is 4.79 Å². The lowest BCUT2D eigenvalue weighted by Crippen LogP contribution is -2.40. The Balaban J connectivity index is 1.94. The summed E-state index contributed by atoms with van der Waals surface area (Å²) >= 11 is 0. The smallest absolute Gasteiger partial charge is 0.233 e. The van der Waals surface area contributed by atoms with Crippen molar-refractivity contribution in [2.24, 2.45) is 5.92 Å². The molecule has 0 spiro atoms. The van der Waals surface area contributed by atoms with Crippen molar-refractivity contribution < 1.29 is 4.79 Å². The molecule has 0 radical (unpaired) electrons. The molecule has 1 rings (SSSR count). The van der Waals surface area contributed by atoms with Crippen molar-refractivity contribution in [2.45, 2.75) is 33.1 Å². The van der Waals surface area contributed by atoms with E-state index in [1.165, 1.54) is 32.4 Å². The monoisotopic (exact) mass is 241 g/mol. The van der Waals surface area contributed by atoms with Crippen molar-refractivity contribution in [3.63, 3.8) is 0 Å². The largest absolute Gasteiger partial charge is 0.355 e. The Morgan fingerprint density at radius 3 is 2.59 bits per heavy atom. The number of carbonyl (C=O) groups is 1. The predicted molar refractivity (Wildman–Crippen MR) is 71.0 cm³/mol. The summed E-state index contributed by atoms with van der Waals surface area (Å²) in [5, 5.41) is 6.11. The third-order valence-corrected chi connectivity index (χ3v) is 3.05. The zero-order valence-corrected chi connectivity index (χ0v) is 11.3. The molecular weight excluding hydrogens is 214 g/mol. The molecule has 1 fully saturated rings. The first-order valence-corrected chi connectivity index (χ1v) is 6.88. The van der Waals surface area contributed by atoms with Gasteiger partial charge in [0.15, 0.2) is 0 Å². The summed E-state index contributed by atoms with van der Waals surface area (Å²) in [5.41, 5.74) is 0. The molecule has 1 aliphatic heterocycles. The number of carbonyl (C=O) groups excluding carboxylic acids is 1. The van der Waals surface area contributed by atoms with Gasteiger partial charge in [-0.15, -0.1) is 0 Å². The molecule has 1 heterocycles. The standard InChI is InChI=1S/C13H27N3O/c1-12(2)10-15-13(17)11-14-6-9-16-7-4-3-5-8-16/h12,14H,3-11H2,1-2H3,(H,15,17). The van der Waals surface area contributed by atoms with Crippen LogP contribution in [0.4, 0.5) is 0 Å². The molecule has 0 aromatic carbocycles. The van der Waals surface area contributed by atoms with Gasteiger partial charge in [-0.25, -0.2) is 0 Å². The van der Waals surface area contributed by atoms with Gasteiger partial charge in [0.2, 0.25) is 5.91 Å². The van der Waals surface area contributed by atoms with Crippen LogP contribution in [0.2, 0.25) is 0 Å². The van der Waals surface area contributed by atoms with Gasteiger partial charge in [0.05, 0.1) is 6.54 Å². The van der Waals surface area contributed by atoms with Gasteiger partial charge < -0.3 is 15.5 Å². The van der Waals surface area contributed by atoms with E-state index >= 15 is 0 Å². The van der Waals surface area contributed by atoms with Crippen LogP contribution in [0.5, 0.6) is 0 Å². The molecular formula is C13H27N3O. The molecule has 4 nitrogen and oxygen atoms in total. The fourth-order valence-electron chi connectivity index (χ4n) is 2.00. The van der Waals surface area contributed by atoms with Gasteiger partial charge in [0.1, 0.15) is 0 Å². The highest BCUT2D eigenvalue weighted by Gasteiger charge is 2.09. The average molecular weight is 241 g/mol. The summed E-state index contributed by atoms with van der Waals surface area (Å²) in [7, 11) is 0. The highest BCUT2D eigenvalue weighted by atomic mass is 16.1. The number of likely N-dealkylation sites (tertiary alicyclic amines) is 1. The second-order valence-electron chi connectivity index (χ2n) is 5.28. The van der Waals surface area contributed by atoms with Gasteiger partial charge in [0, 0.05) is 19.6 Å². The summed E-state index contributed by atoms with van der Waals surface area (Å²) in [5.74, 6) is 0.629. The van der Waals surface area contributed by atoms with E-state index in [1.807, 2.05) is 0 Å². The van der Waals surface area contributed by atoms with Gasteiger partial charge in [-0.2, -0.15) is 0 Å². The fourth-order valence-corrected chi connectivity index (χ4v) is 2.00. The SMILES string of the molecule is CC(C)CNC(=O)CNCCN1CCCCC1. The molecule has 4 heteroatoms. The molecule has 2 N–H and O–H groups in total. The molecule has 0 aromatic heterocycles. The summed E-state index contributed by atoms with van der Waals surface area (Å²) in [6, 6.07) is 0. The maximum Gasteiger partial charge on any atom is 0.233 e. The van der Waals surface area contributed by atoms with Gasteiger partial charge in [-0.1, -0.05) is 20.3 Å².